The minimum atomic E-state index is 0.313. The van der Waals surface area contributed by atoms with Crippen LogP contribution in [0.1, 0.15) is 25.0 Å². The van der Waals surface area contributed by atoms with Crippen molar-refractivity contribution in [3.8, 4) is 6.07 Å². The average Bonchev–Trinajstić information content (AvgIpc) is 3.06. The van der Waals surface area contributed by atoms with Gasteiger partial charge in [0.15, 0.2) is 5.58 Å². The normalized spacial score (nSPS) is 23.6. The number of aromatic nitrogens is 1. The number of hydrogen-bond donors (Lipinski definition) is 1. The lowest BCUT2D eigenvalue weighted by Crippen LogP contribution is -2.59. The first-order valence-corrected chi connectivity index (χ1v) is 8.34. The van der Waals surface area contributed by atoms with Crippen molar-refractivity contribution in [2.75, 3.05) is 25.5 Å². The number of anilines is 1. The number of hydrogen-bond acceptors (Lipinski definition) is 5. The highest BCUT2D eigenvalue weighted by Gasteiger charge is 2.50. The van der Waals surface area contributed by atoms with Crippen molar-refractivity contribution < 1.29 is 4.42 Å². The molecule has 0 radical (unpaired) electrons. The summed E-state index contributed by atoms with van der Waals surface area (Å²) < 4.78 is 6.30. The monoisotopic (exact) mass is 360 g/mol. The molecule has 0 aromatic carbocycles. The zero-order valence-electron chi connectivity index (χ0n) is 12.4. The van der Waals surface area contributed by atoms with Gasteiger partial charge >= 0.3 is 0 Å². The van der Waals surface area contributed by atoms with E-state index in [4.69, 9.17) is 9.68 Å². The Kier molecular flexibility index (Phi) is 3.17. The molecule has 3 heterocycles. The minimum Gasteiger partial charge on any atom is -0.444 e. The minimum absolute atomic E-state index is 0.313. The predicted molar refractivity (Wildman–Crippen MR) is 87.6 cm³/mol. The van der Waals surface area contributed by atoms with E-state index >= 15 is 0 Å². The summed E-state index contributed by atoms with van der Waals surface area (Å²) in [5.41, 5.74) is 1.04. The Hall–Kier alpha value is -1.58. The maximum absolute atomic E-state index is 8.96. The van der Waals surface area contributed by atoms with E-state index in [2.05, 4.69) is 38.2 Å². The first kappa shape index (κ1) is 14.0. The van der Waals surface area contributed by atoms with Crippen molar-refractivity contribution in [2.45, 2.75) is 25.3 Å². The molecule has 1 N–H and O–H groups in total. The molecule has 1 saturated carbocycles. The van der Waals surface area contributed by atoms with Crippen LogP contribution in [0.3, 0.4) is 0 Å². The lowest BCUT2D eigenvalue weighted by Gasteiger charge is -2.50. The summed E-state index contributed by atoms with van der Waals surface area (Å²) >= 11 is 3.62. The van der Waals surface area contributed by atoms with E-state index in [-0.39, 0.29) is 0 Å². The number of nitriles is 1. The van der Waals surface area contributed by atoms with E-state index in [1.165, 1.54) is 19.3 Å². The summed E-state index contributed by atoms with van der Waals surface area (Å²) in [6.45, 7) is 2.32. The molecular weight excluding hydrogens is 344 g/mol. The largest absolute Gasteiger partial charge is 0.444 e. The number of nitrogens with zero attached hydrogens (tertiary/aromatic N) is 3. The van der Waals surface area contributed by atoms with Gasteiger partial charge < -0.3 is 14.6 Å². The van der Waals surface area contributed by atoms with Crippen LogP contribution in [-0.4, -0.2) is 36.1 Å². The molecule has 22 heavy (non-hydrogen) atoms. The second-order valence-electron chi connectivity index (χ2n) is 6.54. The van der Waals surface area contributed by atoms with Crippen molar-refractivity contribution in [1.29, 1.82) is 5.26 Å². The van der Waals surface area contributed by atoms with Gasteiger partial charge in [-0.25, -0.2) is 4.98 Å². The van der Waals surface area contributed by atoms with Crippen LogP contribution in [0, 0.1) is 16.7 Å². The van der Waals surface area contributed by atoms with E-state index in [9.17, 15) is 0 Å². The number of rotatable bonds is 2. The van der Waals surface area contributed by atoms with Gasteiger partial charge in [-0.2, -0.15) is 5.26 Å². The molecule has 5 nitrogen and oxygen atoms in total. The van der Waals surface area contributed by atoms with Crippen molar-refractivity contribution >= 4 is 32.7 Å². The van der Waals surface area contributed by atoms with Gasteiger partial charge in [0.05, 0.1) is 10.7 Å². The van der Waals surface area contributed by atoms with Crippen LogP contribution in [0.25, 0.3) is 11.0 Å². The molecule has 1 atom stereocenters. The highest BCUT2D eigenvalue weighted by Crippen LogP contribution is 2.46. The quantitative estimate of drug-likeness (QED) is 0.889. The Bertz CT molecular complexity index is 772. The third kappa shape index (κ3) is 2.03. The van der Waals surface area contributed by atoms with Crippen LogP contribution in [0.4, 0.5) is 5.82 Å². The molecular formula is C16H17BrN4O. The number of nitrogens with one attached hydrogen (secondary N) is 1. The SMILES string of the molecule is CN1CC2(CCCC2Nc2ncc3oc(C#N)cc3c2Br)C1. The van der Waals surface area contributed by atoms with E-state index in [1.807, 2.05) is 6.07 Å². The van der Waals surface area contributed by atoms with E-state index in [0.717, 1.165) is 28.8 Å². The van der Waals surface area contributed by atoms with Crippen molar-refractivity contribution in [3.63, 3.8) is 0 Å². The van der Waals surface area contributed by atoms with Crippen molar-refractivity contribution in [1.82, 2.24) is 9.88 Å². The summed E-state index contributed by atoms with van der Waals surface area (Å²) in [4.78, 5) is 6.86. The van der Waals surface area contributed by atoms with Crippen LogP contribution in [0.2, 0.25) is 0 Å². The Balaban J connectivity index is 1.64. The number of likely N-dealkylation sites (tertiary alicyclic amines) is 1. The summed E-state index contributed by atoms with van der Waals surface area (Å²) in [5, 5.41) is 13.5. The molecule has 2 fully saturated rings. The van der Waals surface area contributed by atoms with Gasteiger partial charge in [0.2, 0.25) is 5.76 Å². The van der Waals surface area contributed by atoms with Gasteiger partial charge in [0.1, 0.15) is 11.9 Å². The molecule has 0 amide bonds. The van der Waals surface area contributed by atoms with Gasteiger partial charge in [0.25, 0.3) is 0 Å². The second-order valence-corrected chi connectivity index (χ2v) is 7.34. The zero-order chi connectivity index (χ0) is 15.3. The molecule has 114 valence electrons. The third-order valence-electron chi connectivity index (χ3n) is 5.01. The highest BCUT2D eigenvalue weighted by molar-refractivity contribution is 9.10. The molecule has 1 unspecified atom stereocenters. The fourth-order valence-electron chi connectivity index (χ4n) is 4.07. The Morgan fingerprint density at radius 2 is 2.36 bits per heavy atom. The first-order chi connectivity index (χ1) is 10.6. The molecule has 1 aliphatic carbocycles. The van der Waals surface area contributed by atoms with E-state index in [1.54, 1.807) is 12.3 Å². The highest BCUT2D eigenvalue weighted by atomic mass is 79.9. The van der Waals surface area contributed by atoms with Crippen LogP contribution in [0.5, 0.6) is 0 Å². The molecule has 2 aromatic heterocycles. The fraction of sp³-hybridized carbons (Fsp3) is 0.500. The summed E-state index contributed by atoms with van der Waals surface area (Å²) in [6.07, 6.45) is 5.45. The Morgan fingerprint density at radius 3 is 3.09 bits per heavy atom. The maximum Gasteiger partial charge on any atom is 0.204 e. The lowest BCUT2D eigenvalue weighted by atomic mass is 9.75. The molecule has 1 saturated heterocycles. The van der Waals surface area contributed by atoms with E-state index in [0.29, 0.717) is 22.8 Å². The van der Waals surface area contributed by atoms with Crippen LogP contribution < -0.4 is 5.32 Å². The molecule has 6 heteroatoms. The van der Waals surface area contributed by atoms with E-state index < -0.39 is 0 Å². The second kappa shape index (κ2) is 4.97. The standard InChI is InChI=1S/C16H17BrN4O/c1-21-8-16(9-21)4-2-3-13(16)20-15-14(17)11-5-10(6-18)22-12(11)7-19-15/h5,7,13H,2-4,8-9H2,1H3,(H,19,20). The van der Waals surface area contributed by atoms with Gasteiger partial charge in [-0.15, -0.1) is 0 Å². The number of furan rings is 1. The third-order valence-corrected chi connectivity index (χ3v) is 5.82. The topological polar surface area (TPSA) is 65.1 Å². The summed E-state index contributed by atoms with van der Waals surface area (Å²) in [5.74, 6) is 1.16. The summed E-state index contributed by atoms with van der Waals surface area (Å²) in [6, 6.07) is 4.25. The number of pyridine rings is 1. The van der Waals surface area contributed by atoms with Gasteiger partial charge in [-0.05, 0) is 35.8 Å². The number of halogens is 1. The van der Waals surface area contributed by atoms with Gasteiger partial charge in [0, 0.05) is 36.0 Å². The van der Waals surface area contributed by atoms with Crippen molar-refractivity contribution in [3.05, 3.63) is 22.5 Å². The lowest BCUT2D eigenvalue weighted by molar-refractivity contribution is 0.0203. The number of fused-ring (bicyclic) bond motifs is 1. The Morgan fingerprint density at radius 1 is 1.55 bits per heavy atom. The predicted octanol–water partition coefficient (Wildman–Crippen LogP) is 3.36. The molecule has 2 aliphatic rings. The average molecular weight is 361 g/mol. The maximum atomic E-state index is 8.96. The smallest absolute Gasteiger partial charge is 0.204 e. The summed E-state index contributed by atoms with van der Waals surface area (Å²) in [7, 11) is 2.18. The zero-order valence-corrected chi connectivity index (χ0v) is 14.0. The fourth-order valence-corrected chi connectivity index (χ4v) is 4.60. The molecule has 4 rings (SSSR count). The van der Waals surface area contributed by atoms with Crippen LogP contribution in [0.15, 0.2) is 21.2 Å². The van der Waals surface area contributed by atoms with Crippen LogP contribution in [-0.2, 0) is 0 Å². The van der Waals surface area contributed by atoms with Gasteiger partial charge in [-0.3, -0.25) is 0 Å². The molecule has 2 aromatic rings. The molecule has 1 spiro atoms. The first-order valence-electron chi connectivity index (χ1n) is 7.54. The molecule has 0 bridgehead atoms. The van der Waals surface area contributed by atoms with Gasteiger partial charge in [-0.1, -0.05) is 6.42 Å². The molecule has 1 aliphatic heterocycles. The van der Waals surface area contributed by atoms with Crippen LogP contribution >= 0.6 is 15.9 Å². The Labute approximate surface area is 137 Å². The van der Waals surface area contributed by atoms with Crippen molar-refractivity contribution in [2.24, 2.45) is 5.41 Å².